The van der Waals surface area contributed by atoms with Crippen LogP contribution >= 0.6 is 0 Å². The molecule has 1 N–H and O–H groups in total. The van der Waals surface area contributed by atoms with E-state index in [-0.39, 0.29) is 0 Å². The molecule has 0 aromatic carbocycles. The van der Waals surface area contributed by atoms with Crippen molar-refractivity contribution in [3.8, 4) is 0 Å². The Morgan fingerprint density at radius 3 is 2.71 bits per heavy atom. The quantitative estimate of drug-likeness (QED) is 0.700. The number of nitrogens with one attached hydrogen (secondary N) is 1. The van der Waals surface area contributed by atoms with Gasteiger partial charge in [-0.15, -0.1) is 0 Å². The Morgan fingerprint density at radius 1 is 1.21 bits per heavy atom. The molecule has 0 radical (unpaired) electrons. The third-order valence-corrected chi connectivity index (χ3v) is 2.91. The van der Waals surface area contributed by atoms with Gasteiger partial charge in [0.1, 0.15) is 0 Å². The fourth-order valence-corrected chi connectivity index (χ4v) is 1.89. The second-order valence-corrected chi connectivity index (χ2v) is 4.30. The second kappa shape index (κ2) is 5.10. The van der Waals surface area contributed by atoms with E-state index < -0.39 is 0 Å². The maximum atomic E-state index is 5.85. The molecule has 82 valence electrons. The van der Waals surface area contributed by atoms with Crippen molar-refractivity contribution in [2.24, 2.45) is 0 Å². The van der Waals surface area contributed by atoms with Gasteiger partial charge >= 0.3 is 0 Å². The lowest BCUT2D eigenvalue weighted by atomic mass is 10.2. The fraction of sp³-hybridized carbons (Fsp3) is 1.00. The number of ether oxygens (including phenoxy) is 2. The topological polar surface area (TPSA) is 30.5 Å². The molecule has 2 aliphatic rings. The van der Waals surface area contributed by atoms with Crippen LogP contribution < -0.4 is 5.32 Å². The Labute approximate surface area is 86.2 Å². The highest BCUT2D eigenvalue weighted by atomic mass is 16.5. The van der Waals surface area contributed by atoms with Crippen LogP contribution in [0.15, 0.2) is 0 Å². The maximum absolute atomic E-state index is 5.85. The van der Waals surface area contributed by atoms with Crippen LogP contribution in [0.4, 0.5) is 0 Å². The van der Waals surface area contributed by atoms with Gasteiger partial charge in [0.15, 0.2) is 0 Å². The summed E-state index contributed by atoms with van der Waals surface area (Å²) in [4.78, 5) is 0. The van der Waals surface area contributed by atoms with Crippen molar-refractivity contribution in [1.29, 1.82) is 0 Å². The lowest BCUT2D eigenvalue weighted by molar-refractivity contribution is -0.0114. The first kappa shape index (κ1) is 10.4. The summed E-state index contributed by atoms with van der Waals surface area (Å²) in [7, 11) is 0. The van der Waals surface area contributed by atoms with Crippen molar-refractivity contribution in [3.63, 3.8) is 0 Å². The van der Waals surface area contributed by atoms with E-state index in [4.69, 9.17) is 9.47 Å². The van der Waals surface area contributed by atoms with E-state index >= 15 is 0 Å². The van der Waals surface area contributed by atoms with E-state index in [0.717, 1.165) is 32.2 Å². The molecule has 1 aliphatic heterocycles. The SMILES string of the molecule is CCOCC1CCC(CNC2CC2)O1. The Bertz CT molecular complexity index is 171. The predicted molar refractivity (Wildman–Crippen MR) is 55.4 cm³/mol. The van der Waals surface area contributed by atoms with Crippen LogP contribution in [-0.2, 0) is 9.47 Å². The van der Waals surface area contributed by atoms with Crippen molar-refractivity contribution in [2.45, 2.75) is 50.9 Å². The lowest BCUT2D eigenvalue weighted by Crippen LogP contribution is -2.29. The molecule has 2 unspecified atom stereocenters. The molecule has 1 saturated carbocycles. The van der Waals surface area contributed by atoms with Crippen molar-refractivity contribution < 1.29 is 9.47 Å². The minimum absolute atomic E-state index is 0.348. The Kier molecular flexibility index (Phi) is 3.79. The molecule has 0 aromatic heterocycles. The molecule has 0 amide bonds. The average molecular weight is 199 g/mol. The van der Waals surface area contributed by atoms with Crippen molar-refractivity contribution >= 4 is 0 Å². The molecule has 2 rings (SSSR count). The van der Waals surface area contributed by atoms with Crippen LogP contribution in [0, 0.1) is 0 Å². The molecule has 1 saturated heterocycles. The predicted octanol–water partition coefficient (Wildman–Crippen LogP) is 1.32. The van der Waals surface area contributed by atoms with E-state index in [1.165, 1.54) is 19.3 Å². The molecule has 0 spiro atoms. The van der Waals surface area contributed by atoms with Crippen molar-refractivity contribution in [2.75, 3.05) is 19.8 Å². The van der Waals surface area contributed by atoms with Crippen LogP contribution in [0.25, 0.3) is 0 Å². The number of rotatable bonds is 6. The molecular formula is C11H21NO2. The molecule has 2 atom stereocenters. The molecule has 14 heavy (non-hydrogen) atoms. The van der Waals surface area contributed by atoms with Crippen LogP contribution in [-0.4, -0.2) is 38.0 Å². The van der Waals surface area contributed by atoms with E-state index in [0.29, 0.717) is 12.2 Å². The van der Waals surface area contributed by atoms with E-state index in [2.05, 4.69) is 5.32 Å². The summed E-state index contributed by atoms with van der Waals surface area (Å²) in [5.74, 6) is 0. The van der Waals surface area contributed by atoms with E-state index in [1.807, 2.05) is 6.92 Å². The van der Waals surface area contributed by atoms with Gasteiger partial charge in [0, 0.05) is 19.2 Å². The van der Waals surface area contributed by atoms with Crippen LogP contribution in [0.1, 0.15) is 32.6 Å². The summed E-state index contributed by atoms with van der Waals surface area (Å²) in [6, 6.07) is 0.796. The first-order chi connectivity index (χ1) is 6.88. The minimum Gasteiger partial charge on any atom is -0.379 e. The van der Waals surface area contributed by atoms with Gasteiger partial charge in [0.2, 0.25) is 0 Å². The van der Waals surface area contributed by atoms with Gasteiger partial charge in [-0.2, -0.15) is 0 Å². The van der Waals surface area contributed by atoms with Gasteiger partial charge in [0.05, 0.1) is 18.8 Å². The normalized spacial score (nSPS) is 32.4. The summed E-state index contributed by atoms with van der Waals surface area (Å²) in [5.41, 5.74) is 0. The van der Waals surface area contributed by atoms with Crippen LogP contribution in [0.5, 0.6) is 0 Å². The standard InChI is InChI=1S/C11H21NO2/c1-2-13-8-11-6-5-10(14-11)7-12-9-3-4-9/h9-12H,2-8H2,1H3. The maximum Gasteiger partial charge on any atom is 0.0813 e. The summed E-state index contributed by atoms with van der Waals surface area (Å²) in [6.45, 7) is 4.63. The summed E-state index contributed by atoms with van der Waals surface area (Å²) >= 11 is 0. The molecule has 3 heteroatoms. The van der Waals surface area contributed by atoms with E-state index in [1.54, 1.807) is 0 Å². The van der Waals surface area contributed by atoms with E-state index in [9.17, 15) is 0 Å². The smallest absolute Gasteiger partial charge is 0.0813 e. The van der Waals surface area contributed by atoms with Gasteiger partial charge < -0.3 is 14.8 Å². The number of hydrogen-bond acceptors (Lipinski definition) is 3. The van der Waals surface area contributed by atoms with Gasteiger partial charge in [-0.25, -0.2) is 0 Å². The Hall–Kier alpha value is -0.120. The molecule has 3 nitrogen and oxygen atoms in total. The minimum atomic E-state index is 0.348. The summed E-state index contributed by atoms with van der Waals surface area (Å²) in [5, 5.41) is 3.51. The molecule has 1 heterocycles. The monoisotopic (exact) mass is 199 g/mol. The molecule has 2 fully saturated rings. The lowest BCUT2D eigenvalue weighted by Gasteiger charge is -2.13. The Morgan fingerprint density at radius 2 is 2.00 bits per heavy atom. The highest BCUT2D eigenvalue weighted by Gasteiger charge is 2.27. The van der Waals surface area contributed by atoms with Crippen LogP contribution in [0.3, 0.4) is 0 Å². The van der Waals surface area contributed by atoms with Crippen LogP contribution in [0.2, 0.25) is 0 Å². The van der Waals surface area contributed by atoms with Gasteiger partial charge in [-0.05, 0) is 32.6 Å². The third kappa shape index (κ3) is 3.23. The summed E-state index contributed by atoms with van der Waals surface area (Å²) in [6.07, 6.45) is 5.85. The van der Waals surface area contributed by atoms with Crippen molar-refractivity contribution in [1.82, 2.24) is 5.32 Å². The van der Waals surface area contributed by atoms with Crippen molar-refractivity contribution in [3.05, 3.63) is 0 Å². The third-order valence-electron chi connectivity index (χ3n) is 2.91. The largest absolute Gasteiger partial charge is 0.379 e. The zero-order chi connectivity index (χ0) is 9.80. The first-order valence-corrected chi connectivity index (χ1v) is 5.85. The zero-order valence-corrected chi connectivity index (χ0v) is 9.00. The molecule has 0 aromatic rings. The highest BCUT2D eigenvalue weighted by Crippen LogP contribution is 2.22. The highest BCUT2D eigenvalue weighted by molar-refractivity contribution is 4.84. The number of hydrogen-bond donors (Lipinski definition) is 1. The summed E-state index contributed by atoms with van der Waals surface area (Å²) < 4.78 is 11.2. The zero-order valence-electron chi connectivity index (χ0n) is 9.00. The Balaban J connectivity index is 1.56. The fourth-order valence-electron chi connectivity index (χ4n) is 1.89. The molecular weight excluding hydrogens is 178 g/mol. The molecule has 1 aliphatic carbocycles. The first-order valence-electron chi connectivity index (χ1n) is 5.85. The average Bonchev–Trinajstić information content (AvgIpc) is 2.92. The van der Waals surface area contributed by atoms with Gasteiger partial charge in [0.25, 0.3) is 0 Å². The molecule has 0 bridgehead atoms. The second-order valence-electron chi connectivity index (χ2n) is 4.30. The van der Waals surface area contributed by atoms with Gasteiger partial charge in [-0.3, -0.25) is 0 Å². The van der Waals surface area contributed by atoms with Gasteiger partial charge in [-0.1, -0.05) is 0 Å².